The molecule has 0 aromatic heterocycles. The van der Waals surface area contributed by atoms with Crippen molar-refractivity contribution in [2.24, 2.45) is 0 Å². The number of carbonyl (C=O) groups is 2. The third-order valence-electron chi connectivity index (χ3n) is 4.15. The molecule has 2 amide bonds. The second-order valence-corrected chi connectivity index (χ2v) is 6.33. The third kappa shape index (κ3) is 4.06. The van der Waals surface area contributed by atoms with E-state index in [9.17, 15) is 9.59 Å². The van der Waals surface area contributed by atoms with Gasteiger partial charge in [-0.2, -0.15) is 0 Å². The molecule has 130 valence electrons. The van der Waals surface area contributed by atoms with Crippen LogP contribution in [-0.2, 0) is 4.74 Å². The van der Waals surface area contributed by atoms with E-state index in [-0.39, 0.29) is 24.0 Å². The first kappa shape index (κ1) is 17.2. The van der Waals surface area contributed by atoms with Gasteiger partial charge in [-0.1, -0.05) is 30.3 Å². The standard InChI is InChI=1S/C20H22N2O3/c1-14-12-22(13-15(2)25-14)20(24)17-10-6-7-11-18(17)21-19(23)16-8-4-3-5-9-16/h3-11,14-15H,12-13H2,1-2H3,(H,21,23). The maximum atomic E-state index is 12.9. The molecule has 1 aliphatic heterocycles. The molecule has 0 saturated carbocycles. The second-order valence-electron chi connectivity index (χ2n) is 6.33. The third-order valence-corrected chi connectivity index (χ3v) is 4.15. The summed E-state index contributed by atoms with van der Waals surface area (Å²) in [5.74, 6) is -0.324. The molecule has 0 radical (unpaired) electrons. The first-order valence-corrected chi connectivity index (χ1v) is 8.44. The number of morpholine rings is 1. The van der Waals surface area contributed by atoms with Gasteiger partial charge in [-0.15, -0.1) is 0 Å². The molecule has 1 N–H and O–H groups in total. The van der Waals surface area contributed by atoms with Crippen LogP contribution < -0.4 is 5.32 Å². The zero-order chi connectivity index (χ0) is 17.8. The Morgan fingerprint density at radius 2 is 1.56 bits per heavy atom. The number of benzene rings is 2. The van der Waals surface area contributed by atoms with Gasteiger partial charge in [0, 0.05) is 18.7 Å². The summed E-state index contributed by atoms with van der Waals surface area (Å²) in [5.41, 5.74) is 1.57. The molecule has 2 atom stereocenters. The summed E-state index contributed by atoms with van der Waals surface area (Å²) in [5, 5.41) is 2.85. The summed E-state index contributed by atoms with van der Waals surface area (Å²) in [6, 6.07) is 16.1. The van der Waals surface area contributed by atoms with Gasteiger partial charge in [0.2, 0.25) is 0 Å². The molecule has 3 rings (SSSR count). The van der Waals surface area contributed by atoms with Gasteiger partial charge in [-0.3, -0.25) is 9.59 Å². The number of nitrogens with one attached hydrogen (secondary N) is 1. The molecule has 1 aliphatic rings. The highest BCUT2D eigenvalue weighted by Crippen LogP contribution is 2.21. The highest BCUT2D eigenvalue weighted by atomic mass is 16.5. The van der Waals surface area contributed by atoms with E-state index in [0.717, 1.165) is 0 Å². The Bertz CT molecular complexity index is 751. The first-order valence-electron chi connectivity index (χ1n) is 8.44. The maximum Gasteiger partial charge on any atom is 0.256 e. The van der Waals surface area contributed by atoms with E-state index < -0.39 is 0 Å². The van der Waals surface area contributed by atoms with Crippen molar-refractivity contribution >= 4 is 17.5 Å². The normalized spacial score (nSPS) is 20.2. The summed E-state index contributed by atoms with van der Waals surface area (Å²) < 4.78 is 5.69. The predicted molar refractivity (Wildman–Crippen MR) is 96.7 cm³/mol. The van der Waals surface area contributed by atoms with Gasteiger partial charge in [-0.25, -0.2) is 0 Å². The highest BCUT2D eigenvalue weighted by Gasteiger charge is 2.28. The summed E-state index contributed by atoms with van der Waals surface area (Å²) in [6.07, 6.45) is -0.00227. The molecule has 25 heavy (non-hydrogen) atoms. The molecule has 5 heteroatoms. The number of hydrogen-bond acceptors (Lipinski definition) is 3. The molecule has 2 unspecified atom stereocenters. The molecule has 0 spiro atoms. The number of anilines is 1. The van der Waals surface area contributed by atoms with Crippen LogP contribution in [0.25, 0.3) is 0 Å². The van der Waals surface area contributed by atoms with Crippen molar-refractivity contribution in [1.82, 2.24) is 4.90 Å². The second kappa shape index (κ2) is 7.49. The fourth-order valence-corrected chi connectivity index (χ4v) is 3.08. The van der Waals surface area contributed by atoms with Gasteiger partial charge in [0.05, 0.1) is 23.5 Å². The first-order chi connectivity index (χ1) is 12.0. The average Bonchev–Trinajstić information content (AvgIpc) is 2.61. The lowest BCUT2D eigenvalue weighted by Crippen LogP contribution is -2.48. The van der Waals surface area contributed by atoms with Crippen LogP contribution in [0.15, 0.2) is 54.6 Å². The van der Waals surface area contributed by atoms with Crippen molar-refractivity contribution in [3.05, 3.63) is 65.7 Å². The molecule has 2 aromatic carbocycles. The minimum absolute atomic E-state index is 0.00114. The topological polar surface area (TPSA) is 58.6 Å². The summed E-state index contributed by atoms with van der Waals surface area (Å²) >= 11 is 0. The molecular formula is C20H22N2O3. The quantitative estimate of drug-likeness (QED) is 0.935. The van der Waals surface area contributed by atoms with Gasteiger partial charge in [0.25, 0.3) is 11.8 Å². The average molecular weight is 338 g/mol. The Morgan fingerprint density at radius 3 is 2.24 bits per heavy atom. The van der Waals surface area contributed by atoms with Crippen LogP contribution in [0.5, 0.6) is 0 Å². The van der Waals surface area contributed by atoms with Crippen molar-refractivity contribution in [1.29, 1.82) is 0 Å². The van der Waals surface area contributed by atoms with E-state index in [1.807, 2.05) is 38.1 Å². The van der Waals surface area contributed by atoms with Crippen molar-refractivity contribution in [2.45, 2.75) is 26.1 Å². The largest absolute Gasteiger partial charge is 0.372 e. The van der Waals surface area contributed by atoms with E-state index in [4.69, 9.17) is 4.74 Å². The number of rotatable bonds is 3. The Labute approximate surface area is 147 Å². The van der Waals surface area contributed by atoms with Gasteiger partial charge in [0.15, 0.2) is 0 Å². The van der Waals surface area contributed by atoms with Crippen molar-refractivity contribution < 1.29 is 14.3 Å². The van der Waals surface area contributed by atoms with E-state index in [1.165, 1.54) is 0 Å². The molecule has 5 nitrogen and oxygen atoms in total. The molecular weight excluding hydrogens is 316 g/mol. The lowest BCUT2D eigenvalue weighted by atomic mass is 10.1. The number of para-hydroxylation sites is 1. The van der Waals surface area contributed by atoms with Gasteiger partial charge >= 0.3 is 0 Å². The highest BCUT2D eigenvalue weighted by molar-refractivity contribution is 6.09. The Hall–Kier alpha value is -2.66. The Kier molecular flexibility index (Phi) is 5.14. The van der Waals surface area contributed by atoms with Gasteiger partial charge in [-0.05, 0) is 38.1 Å². The predicted octanol–water partition coefficient (Wildman–Crippen LogP) is 3.19. The minimum atomic E-state index is -0.232. The van der Waals surface area contributed by atoms with Crippen LogP contribution in [0.4, 0.5) is 5.69 Å². The lowest BCUT2D eigenvalue weighted by Gasteiger charge is -2.35. The van der Waals surface area contributed by atoms with E-state index in [0.29, 0.717) is 29.9 Å². The summed E-state index contributed by atoms with van der Waals surface area (Å²) in [6.45, 7) is 5.01. The molecule has 1 saturated heterocycles. The molecule has 1 heterocycles. The molecule has 1 fully saturated rings. The van der Waals surface area contributed by atoms with E-state index >= 15 is 0 Å². The fourth-order valence-electron chi connectivity index (χ4n) is 3.08. The van der Waals surface area contributed by atoms with Gasteiger partial charge < -0.3 is 15.0 Å². The monoisotopic (exact) mass is 338 g/mol. The lowest BCUT2D eigenvalue weighted by molar-refractivity contribution is -0.0585. The summed E-state index contributed by atoms with van der Waals surface area (Å²) in [4.78, 5) is 27.1. The smallest absolute Gasteiger partial charge is 0.256 e. The number of ether oxygens (including phenoxy) is 1. The SMILES string of the molecule is CC1CN(C(=O)c2ccccc2NC(=O)c2ccccc2)CC(C)O1. The number of amides is 2. The van der Waals surface area contributed by atoms with E-state index in [1.54, 1.807) is 35.2 Å². The molecule has 0 aliphatic carbocycles. The van der Waals surface area contributed by atoms with Crippen molar-refractivity contribution in [3.8, 4) is 0 Å². The van der Waals surface area contributed by atoms with Crippen LogP contribution in [0.2, 0.25) is 0 Å². The number of hydrogen-bond donors (Lipinski definition) is 1. The molecule has 2 aromatic rings. The van der Waals surface area contributed by atoms with E-state index in [2.05, 4.69) is 5.32 Å². The number of carbonyl (C=O) groups excluding carboxylic acids is 2. The van der Waals surface area contributed by atoms with Crippen LogP contribution in [-0.4, -0.2) is 42.0 Å². The maximum absolute atomic E-state index is 12.9. The Morgan fingerprint density at radius 1 is 0.960 bits per heavy atom. The zero-order valence-corrected chi connectivity index (χ0v) is 14.4. The van der Waals surface area contributed by atoms with Crippen LogP contribution in [0.1, 0.15) is 34.6 Å². The van der Waals surface area contributed by atoms with Crippen LogP contribution >= 0.6 is 0 Å². The minimum Gasteiger partial charge on any atom is -0.372 e. The van der Waals surface area contributed by atoms with Crippen LogP contribution in [0.3, 0.4) is 0 Å². The number of nitrogens with zero attached hydrogens (tertiary/aromatic N) is 1. The van der Waals surface area contributed by atoms with Crippen molar-refractivity contribution in [3.63, 3.8) is 0 Å². The van der Waals surface area contributed by atoms with Crippen molar-refractivity contribution in [2.75, 3.05) is 18.4 Å². The fraction of sp³-hybridized carbons (Fsp3) is 0.300. The summed E-state index contributed by atoms with van der Waals surface area (Å²) in [7, 11) is 0. The Balaban J connectivity index is 1.81. The van der Waals surface area contributed by atoms with Gasteiger partial charge in [0.1, 0.15) is 0 Å². The zero-order valence-electron chi connectivity index (χ0n) is 14.4. The van der Waals surface area contributed by atoms with Crippen LogP contribution in [0, 0.1) is 0 Å². The molecule has 0 bridgehead atoms.